The van der Waals surface area contributed by atoms with E-state index in [9.17, 15) is 0 Å². The van der Waals surface area contributed by atoms with E-state index >= 15 is 0 Å². The summed E-state index contributed by atoms with van der Waals surface area (Å²) in [6.07, 6.45) is 7.76. The smallest absolute Gasteiger partial charge is 0.0931 e. The molecule has 1 aromatic heterocycles. The van der Waals surface area contributed by atoms with Gasteiger partial charge in [-0.2, -0.15) is 0 Å². The molecule has 0 radical (unpaired) electrons. The van der Waals surface area contributed by atoms with Crippen LogP contribution in [-0.2, 0) is 6.54 Å². The van der Waals surface area contributed by atoms with E-state index < -0.39 is 0 Å². The highest BCUT2D eigenvalue weighted by Crippen LogP contribution is 2.27. The molecule has 0 fully saturated rings. The van der Waals surface area contributed by atoms with Crippen molar-refractivity contribution < 1.29 is 0 Å². The Bertz CT molecular complexity index is 380. The summed E-state index contributed by atoms with van der Waals surface area (Å²) in [7, 11) is 2.17. The van der Waals surface area contributed by atoms with E-state index in [1.165, 1.54) is 43.4 Å². The highest BCUT2D eigenvalue weighted by atomic mass is 35.5. The maximum absolute atomic E-state index is 6.04. The Kier molecular flexibility index (Phi) is 8.11. The van der Waals surface area contributed by atoms with Crippen molar-refractivity contribution in [2.75, 3.05) is 13.6 Å². The molecule has 0 saturated carbocycles. The quantitative estimate of drug-likeness (QED) is 0.621. The summed E-state index contributed by atoms with van der Waals surface area (Å²) >= 11 is 7.66. The standard InChI is InChI=1S/C16H29ClN2S/c1-4-5-6-7-8-11-16(2,13-18)19(3)12-14-9-10-15(17)20-14/h9-10H,4-8,11-13,18H2,1-3H3. The molecule has 0 aliphatic heterocycles. The molecule has 1 unspecified atom stereocenters. The highest BCUT2D eigenvalue weighted by Gasteiger charge is 2.27. The summed E-state index contributed by atoms with van der Waals surface area (Å²) in [5.74, 6) is 0. The number of unbranched alkanes of at least 4 members (excludes halogenated alkanes) is 4. The van der Waals surface area contributed by atoms with E-state index in [4.69, 9.17) is 17.3 Å². The largest absolute Gasteiger partial charge is 0.329 e. The van der Waals surface area contributed by atoms with Crippen molar-refractivity contribution >= 4 is 22.9 Å². The second-order valence-electron chi connectivity index (χ2n) is 5.93. The molecule has 1 atom stereocenters. The molecule has 1 aromatic rings. The molecule has 2 N–H and O–H groups in total. The van der Waals surface area contributed by atoms with Crippen LogP contribution in [0.5, 0.6) is 0 Å². The van der Waals surface area contributed by atoms with Gasteiger partial charge in [0.25, 0.3) is 0 Å². The highest BCUT2D eigenvalue weighted by molar-refractivity contribution is 7.16. The molecule has 0 amide bonds. The Morgan fingerprint density at radius 1 is 1.25 bits per heavy atom. The molecule has 116 valence electrons. The van der Waals surface area contributed by atoms with E-state index in [1.54, 1.807) is 11.3 Å². The van der Waals surface area contributed by atoms with Gasteiger partial charge in [-0.25, -0.2) is 0 Å². The molecule has 4 heteroatoms. The summed E-state index contributed by atoms with van der Waals surface area (Å²) in [6, 6.07) is 4.08. The summed E-state index contributed by atoms with van der Waals surface area (Å²) in [4.78, 5) is 3.69. The van der Waals surface area contributed by atoms with Crippen LogP contribution < -0.4 is 5.73 Å². The minimum atomic E-state index is 0.0860. The van der Waals surface area contributed by atoms with E-state index in [-0.39, 0.29) is 5.54 Å². The van der Waals surface area contributed by atoms with Crippen molar-refractivity contribution in [2.24, 2.45) is 5.73 Å². The van der Waals surface area contributed by atoms with Crippen LogP contribution in [0.2, 0.25) is 4.34 Å². The lowest BCUT2D eigenvalue weighted by Gasteiger charge is -2.38. The van der Waals surface area contributed by atoms with E-state index in [0.29, 0.717) is 6.54 Å². The van der Waals surface area contributed by atoms with Crippen LogP contribution in [0.1, 0.15) is 57.2 Å². The minimum absolute atomic E-state index is 0.0860. The molecule has 0 saturated heterocycles. The second kappa shape index (κ2) is 9.04. The molecular formula is C16H29ClN2S. The van der Waals surface area contributed by atoms with Crippen LogP contribution in [0.3, 0.4) is 0 Å². The monoisotopic (exact) mass is 316 g/mol. The van der Waals surface area contributed by atoms with Gasteiger partial charge in [0, 0.05) is 23.5 Å². The molecule has 1 rings (SSSR count). The van der Waals surface area contributed by atoms with Crippen LogP contribution in [-0.4, -0.2) is 24.0 Å². The van der Waals surface area contributed by atoms with Crippen LogP contribution in [0.4, 0.5) is 0 Å². The molecule has 0 spiro atoms. The molecule has 0 aliphatic rings. The average molecular weight is 317 g/mol. The van der Waals surface area contributed by atoms with Gasteiger partial charge < -0.3 is 5.73 Å². The fourth-order valence-electron chi connectivity index (χ4n) is 2.42. The SMILES string of the molecule is CCCCCCCC(C)(CN)N(C)Cc1ccc(Cl)s1. The molecule has 0 aliphatic carbocycles. The summed E-state index contributed by atoms with van der Waals surface area (Å²) in [5, 5.41) is 0. The van der Waals surface area contributed by atoms with E-state index in [2.05, 4.69) is 31.9 Å². The number of nitrogens with zero attached hydrogens (tertiary/aromatic N) is 1. The third-order valence-electron chi connectivity index (χ3n) is 4.20. The van der Waals surface area contributed by atoms with Gasteiger partial charge in [-0.05, 0) is 32.5 Å². The first-order valence-electron chi connectivity index (χ1n) is 7.67. The zero-order chi connectivity index (χ0) is 15.0. The van der Waals surface area contributed by atoms with E-state index in [1.807, 2.05) is 6.07 Å². The molecular weight excluding hydrogens is 288 g/mol. The van der Waals surface area contributed by atoms with Crippen molar-refractivity contribution in [2.45, 2.75) is 64.5 Å². The van der Waals surface area contributed by atoms with Crippen LogP contribution in [0.25, 0.3) is 0 Å². The predicted octanol–water partition coefficient (Wildman–Crippen LogP) is 4.91. The summed E-state index contributed by atoms with van der Waals surface area (Å²) < 4.78 is 0.863. The van der Waals surface area contributed by atoms with Gasteiger partial charge in [0.05, 0.1) is 4.34 Å². The topological polar surface area (TPSA) is 29.3 Å². The fraction of sp³-hybridized carbons (Fsp3) is 0.750. The van der Waals surface area contributed by atoms with Crippen molar-refractivity contribution in [3.63, 3.8) is 0 Å². The van der Waals surface area contributed by atoms with Gasteiger partial charge in [-0.3, -0.25) is 4.90 Å². The van der Waals surface area contributed by atoms with Gasteiger partial charge in [0.15, 0.2) is 0 Å². The number of hydrogen-bond acceptors (Lipinski definition) is 3. The van der Waals surface area contributed by atoms with Crippen molar-refractivity contribution in [1.29, 1.82) is 0 Å². The lowest BCUT2D eigenvalue weighted by atomic mass is 9.92. The normalized spacial score (nSPS) is 14.7. The lowest BCUT2D eigenvalue weighted by molar-refractivity contribution is 0.124. The van der Waals surface area contributed by atoms with Crippen LogP contribution >= 0.6 is 22.9 Å². The zero-order valence-corrected chi connectivity index (χ0v) is 14.7. The Hall–Kier alpha value is -0.0900. The summed E-state index contributed by atoms with van der Waals surface area (Å²) in [6.45, 7) is 6.17. The zero-order valence-electron chi connectivity index (χ0n) is 13.1. The Balaban J connectivity index is 2.44. The number of nitrogens with two attached hydrogens (primary N) is 1. The van der Waals surface area contributed by atoms with Crippen LogP contribution in [0.15, 0.2) is 12.1 Å². The molecule has 0 aromatic carbocycles. The first-order valence-corrected chi connectivity index (χ1v) is 8.87. The minimum Gasteiger partial charge on any atom is -0.329 e. The number of thiophene rings is 1. The Labute approximate surface area is 133 Å². The number of hydrogen-bond donors (Lipinski definition) is 1. The first kappa shape index (κ1) is 18.0. The maximum Gasteiger partial charge on any atom is 0.0931 e. The number of likely N-dealkylation sites (N-methyl/N-ethyl adjacent to an activating group) is 1. The lowest BCUT2D eigenvalue weighted by Crippen LogP contribution is -2.49. The first-order chi connectivity index (χ1) is 9.51. The van der Waals surface area contributed by atoms with E-state index in [0.717, 1.165) is 10.9 Å². The Morgan fingerprint density at radius 3 is 2.50 bits per heavy atom. The van der Waals surface area contributed by atoms with Crippen molar-refractivity contribution in [3.8, 4) is 0 Å². The maximum atomic E-state index is 6.04. The molecule has 0 bridgehead atoms. The molecule has 2 nitrogen and oxygen atoms in total. The van der Waals surface area contributed by atoms with Gasteiger partial charge in [-0.15, -0.1) is 11.3 Å². The van der Waals surface area contributed by atoms with Gasteiger partial charge >= 0.3 is 0 Å². The van der Waals surface area contributed by atoms with Crippen molar-refractivity contribution in [1.82, 2.24) is 4.90 Å². The number of rotatable bonds is 10. The average Bonchev–Trinajstić information content (AvgIpc) is 2.83. The fourth-order valence-corrected chi connectivity index (χ4v) is 3.56. The van der Waals surface area contributed by atoms with Gasteiger partial charge in [0.2, 0.25) is 0 Å². The molecule has 20 heavy (non-hydrogen) atoms. The van der Waals surface area contributed by atoms with Gasteiger partial charge in [-0.1, -0.05) is 50.6 Å². The Morgan fingerprint density at radius 2 is 1.95 bits per heavy atom. The second-order valence-corrected chi connectivity index (χ2v) is 7.73. The van der Waals surface area contributed by atoms with Gasteiger partial charge in [0.1, 0.15) is 0 Å². The summed E-state index contributed by atoms with van der Waals surface area (Å²) in [5.41, 5.74) is 6.13. The third kappa shape index (κ3) is 5.72. The molecule has 1 heterocycles. The third-order valence-corrected chi connectivity index (χ3v) is 5.42. The van der Waals surface area contributed by atoms with Crippen LogP contribution in [0, 0.1) is 0 Å². The number of halogens is 1. The van der Waals surface area contributed by atoms with Crippen molar-refractivity contribution in [3.05, 3.63) is 21.3 Å². The predicted molar refractivity (Wildman–Crippen MR) is 91.6 cm³/mol.